The number of anilines is 3. The highest BCUT2D eigenvalue weighted by Crippen LogP contribution is 2.35. The molecule has 0 aliphatic heterocycles. The van der Waals surface area contributed by atoms with E-state index in [0.717, 1.165) is 17.1 Å². The first-order chi connectivity index (χ1) is 14.3. The minimum Gasteiger partial charge on any atom is -0.311 e. The number of rotatable bonds is 5. The normalized spacial score (nSPS) is 11.0. The molecule has 0 heterocycles. The standard InChI is InChI=1S/C28H25N/c1-3-10-23-16-15-22(2)21-28(23)24-17-19-27(20-18-24)29(25-11-6-4-7-12-25)26-13-8-5-9-14-26/h3-21H,1-2H3/b10-3+. The van der Waals surface area contributed by atoms with E-state index in [1.165, 1.54) is 22.3 Å². The van der Waals surface area contributed by atoms with Crippen LogP contribution in [0.3, 0.4) is 0 Å². The minimum atomic E-state index is 1.14. The topological polar surface area (TPSA) is 3.24 Å². The van der Waals surface area contributed by atoms with E-state index in [4.69, 9.17) is 0 Å². The van der Waals surface area contributed by atoms with E-state index in [1.54, 1.807) is 0 Å². The second-order valence-corrected chi connectivity index (χ2v) is 7.14. The lowest BCUT2D eigenvalue weighted by atomic mass is 9.97. The number of allylic oxidation sites excluding steroid dienone is 1. The Kier molecular flexibility index (Phi) is 5.58. The van der Waals surface area contributed by atoms with Crippen LogP contribution in [0.1, 0.15) is 18.1 Å². The predicted octanol–water partition coefficient (Wildman–Crippen LogP) is 8.16. The van der Waals surface area contributed by atoms with E-state index in [0.29, 0.717) is 0 Å². The van der Waals surface area contributed by atoms with Crippen molar-refractivity contribution in [2.24, 2.45) is 0 Å². The first-order valence-electron chi connectivity index (χ1n) is 10.0. The summed E-state index contributed by atoms with van der Waals surface area (Å²) in [6, 6.07) is 36.5. The molecule has 142 valence electrons. The van der Waals surface area contributed by atoms with E-state index in [9.17, 15) is 0 Å². The van der Waals surface area contributed by atoms with Gasteiger partial charge in [0.2, 0.25) is 0 Å². The molecule has 0 N–H and O–H groups in total. The number of hydrogen-bond acceptors (Lipinski definition) is 1. The summed E-state index contributed by atoms with van der Waals surface area (Å²) in [5.41, 5.74) is 8.45. The summed E-state index contributed by atoms with van der Waals surface area (Å²) in [4.78, 5) is 2.28. The second-order valence-electron chi connectivity index (χ2n) is 7.14. The van der Waals surface area contributed by atoms with Crippen molar-refractivity contribution in [1.29, 1.82) is 0 Å². The van der Waals surface area contributed by atoms with Crippen LogP contribution in [0, 0.1) is 6.92 Å². The Morgan fingerprint density at radius 1 is 0.621 bits per heavy atom. The first kappa shape index (κ1) is 18.8. The third-order valence-electron chi connectivity index (χ3n) is 5.02. The van der Waals surface area contributed by atoms with Gasteiger partial charge in [0.15, 0.2) is 0 Å². The van der Waals surface area contributed by atoms with Crippen molar-refractivity contribution >= 4 is 23.1 Å². The van der Waals surface area contributed by atoms with Gasteiger partial charge in [-0.05, 0) is 66.9 Å². The molecule has 1 heteroatoms. The van der Waals surface area contributed by atoms with Crippen LogP contribution in [0.5, 0.6) is 0 Å². The van der Waals surface area contributed by atoms with Gasteiger partial charge in [-0.3, -0.25) is 0 Å². The molecule has 0 bridgehead atoms. The van der Waals surface area contributed by atoms with E-state index in [1.807, 2.05) is 0 Å². The number of benzene rings is 4. The molecule has 4 aromatic rings. The molecule has 0 unspecified atom stereocenters. The van der Waals surface area contributed by atoms with E-state index in [-0.39, 0.29) is 0 Å². The molecular weight excluding hydrogens is 350 g/mol. The van der Waals surface area contributed by atoms with Crippen LogP contribution in [-0.2, 0) is 0 Å². The van der Waals surface area contributed by atoms with Crippen molar-refractivity contribution in [2.75, 3.05) is 4.90 Å². The van der Waals surface area contributed by atoms with Crippen molar-refractivity contribution in [2.45, 2.75) is 13.8 Å². The van der Waals surface area contributed by atoms with Gasteiger partial charge in [-0.1, -0.05) is 84.4 Å². The zero-order chi connectivity index (χ0) is 20.1. The van der Waals surface area contributed by atoms with Crippen LogP contribution in [-0.4, -0.2) is 0 Å². The molecule has 0 fully saturated rings. The summed E-state index contributed by atoms with van der Waals surface area (Å²) in [5.74, 6) is 0. The van der Waals surface area contributed by atoms with Crippen LogP contribution >= 0.6 is 0 Å². The van der Waals surface area contributed by atoms with Gasteiger partial charge in [-0.25, -0.2) is 0 Å². The molecular formula is C28H25N. The molecule has 0 radical (unpaired) electrons. The molecule has 0 aliphatic rings. The molecule has 29 heavy (non-hydrogen) atoms. The molecule has 1 nitrogen and oxygen atoms in total. The van der Waals surface area contributed by atoms with Crippen LogP contribution in [0.4, 0.5) is 17.1 Å². The van der Waals surface area contributed by atoms with Gasteiger partial charge in [0.05, 0.1) is 0 Å². The highest BCUT2D eigenvalue weighted by Gasteiger charge is 2.12. The van der Waals surface area contributed by atoms with Gasteiger partial charge >= 0.3 is 0 Å². The Hall–Kier alpha value is -3.58. The van der Waals surface area contributed by atoms with Crippen LogP contribution in [0.2, 0.25) is 0 Å². The lowest BCUT2D eigenvalue weighted by Gasteiger charge is -2.25. The number of aryl methyl sites for hydroxylation is 1. The molecule has 0 amide bonds. The highest BCUT2D eigenvalue weighted by molar-refractivity contribution is 5.80. The SMILES string of the molecule is C/C=C/c1ccc(C)cc1-c1ccc(N(c2ccccc2)c2ccccc2)cc1. The maximum Gasteiger partial charge on any atom is 0.0462 e. The Morgan fingerprint density at radius 2 is 1.17 bits per heavy atom. The summed E-state index contributed by atoms with van der Waals surface area (Å²) in [6.45, 7) is 4.20. The summed E-state index contributed by atoms with van der Waals surface area (Å²) in [5, 5.41) is 0. The summed E-state index contributed by atoms with van der Waals surface area (Å²) in [7, 11) is 0. The number of nitrogens with zero attached hydrogens (tertiary/aromatic N) is 1. The van der Waals surface area contributed by atoms with Crippen molar-refractivity contribution in [3.8, 4) is 11.1 Å². The Morgan fingerprint density at radius 3 is 1.72 bits per heavy atom. The van der Waals surface area contributed by atoms with Crippen molar-refractivity contribution < 1.29 is 0 Å². The highest BCUT2D eigenvalue weighted by atomic mass is 15.1. The van der Waals surface area contributed by atoms with Crippen molar-refractivity contribution in [3.63, 3.8) is 0 Å². The molecule has 0 aromatic heterocycles. The molecule has 0 atom stereocenters. The smallest absolute Gasteiger partial charge is 0.0462 e. The van der Waals surface area contributed by atoms with Gasteiger partial charge in [0, 0.05) is 17.1 Å². The summed E-state index contributed by atoms with van der Waals surface area (Å²) < 4.78 is 0. The quantitative estimate of drug-likeness (QED) is 0.340. The fourth-order valence-electron chi connectivity index (χ4n) is 3.64. The fraction of sp³-hybridized carbons (Fsp3) is 0.0714. The second kappa shape index (κ2) is 8.62. The van der Waals surface area contributed by atoms with Gasteiger partial charge in [0.25, 0.3) is 0 Å². The fourth-order valence-corrected chi connectivity index (χ4v) is 3.64. The van der Waals surface area contributed by atoms with Crippen molar-refractivity contribution in [1.82, 2.24) is 0 Å². The molecule has 0 saturated heterocycles. The third-order valence-corrected chi connectivity index (χ3v) is 5.02. The van der Waals surface area contributed by atoms with Crippen LogP contribution in [0.15, 0.2) is 109 Å². The molecule has 4 rings (SSSR count). The van der Waals surface area contributed by atoms with Crippen LogP contribution < -0.4 is 4.90 Å². The van der Waals surface area contributed by atoms with E-state index in [2.05, 4.69) is 134 Å². The zero-order valence-corrected chi connectivity index (χ0v) is 16.9. The molecule has 0 aliphatic carbocycles. The molecule has 4 aromatic carbocycles. The van der Waals surface area contributed by atoms with E-state index < -0.39 is 0 Å². The first-order valence-corrected chi connectivity index (χ1v) is 10.0. The molecule has 0 spiro atoms. The predicted molar refractivity (Wildman–Crippen MR) is 126 cm³/mol. The Labute approximate surface area is 173 Å². The largest absolute Gasteiger partial charge is 0.311 e. The van der Waals surface area contributed by atoms with Crippen molar-refractivity contribution in [3.05, 3.63) is 120 Å². The maximum atomic E-state index is 2.28. The van der Waals surface area contributed by atoms with Gasteiger partial charge in [-0.15, -0.1) is 0 Å². The summed E-state index contributed by atoms with van der Waals surface area (Å²) >= 11 is 0. The Bertz CT molecular complexity index is 1050. The summed E-state index contributed by atoms with van der Waals surface area (Å²) in [6.07, 6.45) is 4.26. The van der Waals surface area contributed by atoms with Gasteiger partial charge in [-0.2, -0.15) is 0 Å². The van der Waals surface area contributed by atoms with Gasteiger partial charge in [0.1, 0.15) is 0 Å². The number of para-hydroxylation sites is 2. The third kappa shape index (κ3) is 4.14. The zero-order valence-electron chi connectivity index (χ0n) is 16.9. The average molecular weight is 376 g/mol. The minimum absolute atomic E-state index is 1.14. The Balaban J connectivity index is 1.77. The van der Waals surface area contributed by atoms with E-state index >= 15 is 0 Å². The lowest BCUT2D eigenvalue weighted by molar-refractivity contribution is 1.28. The molecule has 0 saturated carbocycles. The van der Waals surface area contributed by atoms with Gasteiger partial charge < -0.3 is 4.90 Å². The number of hydrogen-bond donors (Lipinski definition) is 0. The monoisotopic (exact) mass is 375 g/mol. The lowest BCUT2D eigenvalue weighted by Crippen LogP contribution is -2.09. The maximum absolute atomic E-state index is 2.28. The average Bonchev–Trinajstić information content (AvgIpc) is 2.77. The van der Waals surface area contributed by atoms with Crippen LogP contribution in [0.25, 0.3) is 17.2 Å².